The molecule has 0 radical (unpaired) electrons. The Kier molecular flexibility index (Phi) is 3.48. The van der Waals surface area contributed by atoms with Crippen LogP contribution in [0.15, 0.2) is 24.4 Å². The second kappa shape index (κ2) is 4.88. The standard InChI is InChI=1S/C14H18N2S/c1-5-12-6-7-13(17-12)11-8-10(2)14(15-9-11)16(3)4/h6-9H,5H2,1-4H3. The molecule has 0 bridgehead atoms. The van der Waals surface area contributed by atoms with Crippen LogP contribution < -0.4 is 4.90 Å². The van der Waals surface area contributed by atoms with Gasteiger partial charge in [0.05, 0.1) is 0 Å². The molecule has 0 unspecified atom stereocenters. The van der Waals surface area contributed by atoms with Crippen molar-refractivity contribution in [3.63, 3.8) is 0 Å². The third kappa shape index (κ3) is 2.50. The Hall–Kier alpha value is -1.35. The van der Waals surface area contributed by atoms with Crippen LogP contribution in [0, 0.1) is 6.92 Å². The lowest BCUT2D eigenvalue weighted by molar-refractivity contribution is 1.05. The maximum atomic E-state index is 4.52. The van der Waals surface area contributed by atoms with Gasteiger partial charge in [-0.05, 0) is 37.1 Å². The Morgan fingerprint density at radius 2 is 2.06 bits per heavy atom. The number of anilines is 1. The maximum absolute atomic E-state index is 4.52. The molecule has 17 heavy (non-hydrogen) atoms. The largest absolute Gasteiger partial charge is 0.363 e. The van der Waals surface area contributed by atoms with Crippen LogP contribution in [0.5, 0.6) is 0 Å². The van der Waals surface area contributed by atoms with Crippen LogP contribution in [0.4, 0.5) is 5.82 Å². The fourth-order valence-electron chi connectivity index (χ4n) is 1.89. The van der Waals surface area contributed by atoms with E-state index in [-0.39, 0.29) is 0 Å². The summed E-state index contributed by atoms with van der Waals surface area (Å²) in [5.41, 5.74) is 2.44. The number of nitrogens with zero attached hydrogens (tertiary/aromatic N) is 2. The van der Waals surface area contributed by atoms with Gasteiger partial charge in [-0.15, -0.1) is 11.3 Å². The van der Waals surface area contributed by atoms with Crippen molar-refractivity contribution in [3.05, 3.63) is 34.8 Å². The van der Waals surface area contributed by atoms with Crippen LogP contribution in [-0.2, 0) is 6.42 Å². The molecule has 0 atom stereocenters. The molecular formula is C14H18N2S. The quantitative estimate of drug-likeness (QED) is 0.820. The predicted molar refractivity (Wildman–Crippen MR) is 76.0 cm³/mol. The molecule has 2 rings (SSSR count). The molecule has 2 heterocycles. The number of rotatable bonds is 3. The molecule has 90 valence electrons. The first-order valence-electron chi connectivity index (χ1n) is 5.85. The Balaban J connectivity index is 2.37. The van der Waals surface area contributed by atoms with Gasteiger partial charge in [0.25, 0.3) is 0 Å². The van der Waals surface area contributed by atoms with E-state index < -0.39 is 0 Å². The third-order valence-electron chi connectivity index (χ3n) is 2.77. The second-order valence-corrected chi connectivity index (χ2v) is 5.55. The molecule has 0 fully saturated rings. The first-order valence-corrected chi connectivity index (χ1v) is 6.66. The smallest absolute Gasteiger partial charge is 0.130 e. The number of hydrogen-bond donors (Lipinski definition) is 0. The summed E-state index contributed by atoms with van der Waals surface area (Å²) in [5, 5.41) is 0. The number of thiophene rings is 1. The average Bonchev–Trinajstić information content (AvgIpc) is 2.76. The van der Waals surface area contributed by atoms with Crippen molar-refractivity contribution in [2.45, 2.75) is 20.3 Å². The summed E-state index contributed by atoms with van der Waals surface area (Å²) in [6, 6.07) is 6.61. The zero-order valence-electron chi connectivity index (χ0n) is 10.8. The summed E-state index contributed by atoms with van der Waals surface area (Å²) in [6.45, 7) is 4.30. The van der Waals surface area contributed by atoms with Gasteiger partial charge in [0, 0.05) is 35.6 Å². The van der Waals surface area contributed by atoms with Crippen LogP contribution in [-0.4, -0.2) is 19.1 Å². The fourth-order valence-corrected chi connectivity index (χ4v) is 2.82. The van der Waals surface area contributed by atoms with E-state index in [1.54, 1.807) is 0 Å². The Morgan fingerprint density at radius 3 is 2.59 bits per heavy atom. The van der Waals surface area contributed by atoms with E-state index in [1.165, 1.54) is 20.9 Å². The number of aryl methyl sites for hydroxylation is 2. The van der Waals surface area contributed by atoms with Gasteiger partial charge in [0.2, 0.25) is 0 Å². The Bertz CT molecular complexity index is 515. The summed E-state index contributed by atoms with van der Waals surface area (Å²) >= 11 is 1.86. The van der Waals surface area contributed by atoms with Gasteiger partial charge < -0.3 is 4.90 Å². The normalized spacial score (nSPS) is 10.6. The summed E-state index contributed by atoms with van der Waals surface area (Å²) in [5.74, 6) is 1.04. The molecule has 0 saturated heterocycles. The molecule has 2 aromatic rings. The monoisotopic (exact) mass is 246 g/mol. The molecule has 0 aliphatic carbocycles. The highest BCUT2D eigenvalue weighted by molar-refractivity contribution is 7.15. The van der Waals surface area contributed by atoms with E-state index in [9.17, 15) is 0 Å². The molecule has 0 saturated carbocycles. The minimum atomic E-state index is 1.04. The van der Waals surface area contributed by atoms with Gasteiger partial charge in [0.15, 0.2) is 0 Å². The SMILES string of the molecule is CCc1ccc(-c2cnc(N(C)C)c(C)c2)s1. The molecule has 0 aliphatic rings. The van der Waals surface area contributed by atoms with Crippen molar-refractivity contribution >= 4 is 17.2 Å². The van der Waals surface area contributed by atoms with Crippen molar-refractivity contribution in [3.8, 4) is 10.4 Å². The lowest BCUT2D eigenvalue weighted by Crippen LogP contribution is -2.12. The van der Waals surface area contributed by atoms with E-state index in [1.807, 2.05) is 36.5 Å². The first kappa shape index (κ1) is 12.1. The molecule has 2 aromatic heterocycles. The molecule has 0 aliphatic heterocycles. The third-order valence-corrected chi connectivity index (χ3v) is 4.05. The highest BCUT2D eigenvalue weighted by atomic mass is 32.1. The highest BCUT2D eigenvalue weighted by Gasteiger charge is 2.07. The Labute approximate surface area is 107 Å². The second-order valence-electron chi connectivity index (χ2n) is 4.38. The van der Waals surface area contributed by atoms with E-state index in [2.05, 4.69) is 37.0 Å². The van der Waals surface area contributed by atoms with E-state index in [4.69, 9.17) is 0 Å². The van der Waals surface area contributed by atoms with Crippen molar-refractivity contribution in [2.75, 3.05) is 19.0 Å². The van der Waals surface area contributed by atoms with Gasteiger partial charge in [-0.3, -0.25) is 0 Å². The zero-order chi connectivity index (χ0) is 12.4. The number of hydrogen-bond acceptors (Lipinski definition) is 3. The lowest BCUT2D eigenvalue weighted by atomic mass is 10.1. The van der Waals surface area contributed by atoms with Gasteiger partial charge >= 0.3 is 0 Å². The van der Waals surface area contributed by atoms with Crippen molar-refractivity contribution in [1.82, 2.24) is 4.98 Å². The van der Waals surface area contributed by atoms with Crippen molar-refractivity contribution < 1.29 is 0 Å². The van der Waals surface area contributed by atoms with Crippen molar-refractivity contribution in [1.29, 1.82) is 0 Å². The van der Waals surface area contributed by atoms with Crippen LogP contribution in [0.3, 0.4) is 0 Å². The van der Waals surface area contributed by atoms with E-state index in [0.717, 1.165) is 12.2 Å². The molecular weight excluding hydrogens is 228 g/mol. The van der Waals surface area contributed by atoms with Crippen LogP contribution >= 0.6 is 11.3 Å². The molecule has 0 N–H and O–H groups in total. The van der Waals surface area contributed by atoms with Crippen molar-refractivity contribution in [2.24, 2.45) is 0 Å². The van der Waals surface area contributed by atoms with Crippen LogP contribution in [0.2, 0.25) is 0 Å². The predicted octanol–water partition coefficient (Wildman–Crippen LogP) is 3.75. The lowest BCUT2D eigenvalue weighted by Gasteiger charge is -2.14. The van der Waals surface area contributed by atoms with Gasteiger partial charge in [-0.2, -0.15) is 0 Å². The first-order chi connectivity index (χ1) is 8.11. The zero-order valence-corrected chi connectivity index (χ0v) is 11.6. The summed E-state index contributed by atoms with van der Waals surface area (Å²) < 4.78 is 0. The molecule has 3 heteroatoms. The van der Waals surface area contributed by atoms with Gasteiger partial charge in [0.1, 0.15) is 5.82 Å². The fraction of sp³-hybridized carbons (Fsp3) is 0.357. The topological polar surface area (TPSA) is 16.1 Å². The number of pyridine rings is 1. The summed E-state index contributed by atoms with van der Waals surface area (Å²) in [7, 11) is 4.05. The van der Waals surface area contributed by atoms with Crippen LogP contribution in [0.1, 0.15) is 17.4 Å². The minimum Gasteiger partial charge on any atom is -0.363 e. The molecule has 0 amide bonds. The summed E-state index contributed by atoms with van der Waals surface area (Å²) in [6.07, 6.45) is 3.07. The average molecular weight is 246 g/mol. The van der Waals surface area contributed by atoms with E-state index >= 15 is 0 Å². The number of aromatic nitrogens is 1. The van der Waals surface area contributed by atoms with Gasteiger partial charge in [-0.25, -0.2) is 4.98 Å². The van der Waals surface area contributed by atoms with E-state index in [0.29, 0.717) is 0 Å². The minimum absolute atomic E-state index is 1.04. The highest BCUT2D eigenvalue weighted by Crippen LogP contribution is 2.30. The summed E-state index contributed by atoms with van der Waals surface area (Å²) in [4.78, 5) is 9.30. The van der Waals surface area contributed by atoms with Gasteiger partial charge in [-0.1, -0.05) is 6.92 Å². The molecule has 0 spiro atoms. The molecule has 0 aromatic carbocycles. The molecule has 2 nitrogen and oxygen atoms in total. The van der Waals surface area contributed by atoms with Crippen LogP contribution in [0.25, 0.3) is 10.4 Å². The Morgan fingerprint density at radius 1 is 1.29 bits per heavy atom. The maximum Gasteiger partial charge on any atom is 0.130 e.